The summed E-state index contributed by atoms with van der Waals surface area (Å²) >= 11 is 0. The lowest BCUT2D eigenvalue weighted by atomic mass is 10.0. The molecule has 0 spiro atoms. The molecule has 1 aliphatic carbocycles. The second-order valence-electron chi connectivity index (χ2n) is 3.95. The Kier molecular flexibility index (Phi) is 4.90. The molecule has 0 aromatic rings. The predicted molar refractivity (Wildman–Crippen MR) is 54.9 cm³/mol. The molecule has 1 atom stereocenters. The van der Waals surface area contributed by atoms with Crippen molar-refractivity contribution in [3.05, 3.63) is 0 Å². The smallest absolute Gasteiger partial charge is 0.234 e. The molecule has 1 unspecified atom stereocenters. The van der Waals surface area contributed by atoms with Crippen LogP contribution in [0.15, 0.2) is 0 Å². The van der Waals surface area contributed by atoms with E-state index in [9.17, 15) is 9.90 Å². The van der Waals surface area contributed by atoms with Crippen molar-refractivity contribution < 1.29 is 9.90 Å². The Hall–Kier alpha value is -0.610. The normalized spacial score (nSPS) is 19.6. The van der Waals surface area contributed by atoms with Gasteiger partial charge in [0.15, 0.2) is 0 Å². The molecule has 0 heterocycles. The van der Waals surface area contributed by atoms with E-state index in [-0.39, 0.29) is 12.0 Å². The van der Waals surface area contributed by atoms with Gasteiger partial charge >= 0.3 is 0 Å². The second kappa shape index (κ2) is 5.98. The summed E-state index contributed by atoms with van der Waals surface area (Å²) in [6, 6.07) is 0. The van der Waals surface area contributed by atoms with Gasteiger partial charge in [-0.2, -0.15) is 0 Å². The van der Waals surface area contributed by atoms with Crippen LogP contribution in [0.2, 0.25) is 0 Å². The van der Waals surface area contributed by atoms with Gasteiger partial charge in [-0.25, -0.2) is 0 Å². The van der Waals surface area contributed by atoms with Crippen molar-refractivity contribution in [2.75, 3.05) is 20.1 Å². The highest BCUT2D eigenvalue weighted by Crippen LogP contribution is 2.27. The number of aliphatic hydroxyl groups is 1. The van der Waals surface area contributed by atoms with Crippen molar-refractivity contribution in [2.45, 2.75) is 31.8 Å². The van der Waals surface area contributed by atoms with Gasteiger partial charge < -0.3 is 15.7 Å². The maximum absolute atomic E-state index is 11.1. The molecule has 82 valence electrons. The van der Waals surface area contributed by atoms with Crippen LogP contribution in [0.3, 0.4) is 0 Å². The number of nitrogens with one attached hydrogen (secondary N) is 2. The van der Waals surface area contributed by atoms with Crippen molar-refractivity contribution in [3.8, 4) is 0 Å². The number of aliphatic hydroxyl groups excluding tert-OH is 1. The van der Waals surface area contributed by atoms with E-state index in [0.29, 0.717) is 19.0 Å². The fourth-order valence-corrected chi connectivity index (χ4v) is 1.95. The zero-order valence-corrected chi connectivity index (χ0v) is 8.75. The molecule has 0 aromatic carbocycles. The van der Waals surface area contributed by atoms with Crippen molar-refractivity contribution in [3.63, 3.8) is 0 Å². The van der Waals surface area contributed by atoms with Crippen LogP contribution in [0.25, 0.3) is 0 Å². The van der Waals surface area contributed by atoms with Gasteiger partial charge in [0.25, 0.3) is 0 Å². The zero-order valence-electron chi connectivity index (χ0n) is 8.75. The van der Waals surface area contributed by atoms with Crippen LogP contribution in [-0.4, -0.2) is 37.3 Å². The molecule has 3 N–H and O–H groups in total. The molecule has 0 aliphatic heterocycles. The molecule has 1 saturated carbocycles. The minimum absolute atomic E-state index is 0.0513. The van der Waals surface area contributed by atoms with Crippen LogP contribution in [0.5, 0.6) is 0 Å². The number of carbonyl (C=O) groups is 1. The molecule has 4 nitrogen and oxygen atoms in total. The molecule has 0 saturated heterocycles. The van der Waals surface area contributed by atoms with Crippen molar-refractivity contribution >= 4 is 5.91 Å². The van der Waals surface area contributed by atoms with Crippen LogP contribution in [0.1, 0.15) is 25.7 Å². The third-order valence-corrected chi connectivity index (χ3v) is 2.79. The third kappa shape index (κ3) is 3.64. The highest BCUT2D eigenvalue weighted by molar-refractivity contribution is 5.77. The minimum atomic E-state index is -0.363. The van der Waals surface area contributed by atoms with E-state index in [4.69, 9.17) is 0 Å². The van der Waals surface area contributed by atoms with Crippen LogP contribution >= 0.6 is 0 Å². The van der Waals surface area contributed by atoms with Crippen LogP contribution < -0.4 is 10.6 Å². The second-order valence-corrected chi connectivity index (χ2v) is 3.95. The summed E-state index contributed by atoms with van der Waals surface area (Å²) in [5.41, 5.74) is 0. The highest BCUT2D eigenvalue weighted by atomic mass is 16.3. The molecule has 0 aromatic heterocycles. The molecule has 1 aliphatic rings. The topological polar surface area (TPSA) is 61.4 Å². The van der Waals surface area contributed by atoms with Crippen molar-refractivity contribution in [2.24, 2.45) is 5.92 Å². The van der Waals surface area contributed by atoms with Gasteiger partial charge in [-0.15, -0.1) is 0 Å². The summed E-state index contributed by atoms with van der Waals surface area (Å²) in [6.45, 7) is 0.711. The Bertz CT molecular complexity index is 179. The number of likely N-dealkylation sites (N-methyl/N-ethyl adjacent to an activating group) is 1. The van der Waals surface area contributed by atoms with E-state index in [1.807, 2.05) is 0 Å². The van der Waals surface area contributed by atoms with Gasteiger partial charge in [-0.3, -0.25) is 4.79 Å². The Morgan fingerprint density at radius 3 is 2.71 bits per heavy atom. The molecule has 14 heavy (non-hydrogen) atoms. The van der Waals surface area contributed by atoms with Gasteiger partial charge in [-0.1, -0.05) is 12.8 Å². The monoisotopic (exact) mass is 200 g/mol. The number of hydrogen-bond acceptors (Lipinski definition) is 3. The lowest BCUT2D eigenvalue weighted by molar-refractivity contribution is -0.120. The SMILES string of the molecule is CNCC(=O)NCC(O)C1CCCC1. The maximum Gasteiger partial charge on any atom is 0.234 e. The molecular weight excluding hydrogens is 180 g/mol. The minimum Gasteiger partial charge on any atom is -0.391 e. The van der Waals surface area contributed by atoms with E-state index in [1.165, 1.54) is 12.8 Å². The quantitative estimate of drug-likeness (QED) is 0.579. The van der Waals surface area contributed by atoms with E-state index in [2.05, 4.69) is 10.6 Å². The number of rotatable bonds is 5. The highest BCUT2D eigenvalue weighted by Gasteiger charge is 2.23. The Labute approximate surface area is 85.1 Å². The van der Waals surface area contributed by atoms with Crippen molar-refractivity contribution in [1.82, 2.24) is 10.6 Å². The van der Waals surface area contributed by atoms with E-state index >= 15 is 0 Å². The molecule has 1 fully saturated rings. The van der Waals surface area contributed by atoms with E-state index in [0.717, 1.165) is 12.8 Å². The Morgan fingerprint density at radius 1 is 1.50 bits per heavy atom. The van der Waals surface area contributed by atoms with Crippen LogP contribution in [-0.2, 0) is 4.79 Å². The van der Waals surface area contributed by atoms with Crippen LogP contribution in [0.4, 0.5) is 0 Å². The number of hydrogen-bond donors (Lipinski definition) is 3. The van der Waals surface area contributed by atoms with Crippen LogP contribution in [0, 0.1) is 5.92 Å². The fourth-order valence-electron chi connectivity index (χ4n) is 1.95. The summed E-state index contributed by atoms with van der Waals surface area (Å²) in [4.78, 5) is 11.1. The summed E-state index contributed by atoms with van der Waals surface area (Å²) in [6.07, 6.45) is 4.27. The molecular formula is C10H20N2O2. The molecule has 1 amide bonds. The van der Waals surface area contributed by atoms with Gasteiger partial charge in [0.2, 0.25) is 5.91 Å². The Morgan fingerprint density at radius 2 is 2.14 bits per heavy atom. The predicted octanol–water partition coefficient (Wildman–Crippen LogP) is -0.127. The fraction of sp³-hybridized carbons (Fsp3) is 0.900. The first-order chi connectivity index (χ1) is 6.74. The zero-order chi connectivity index (χ0) is 10.4. The van der Waals surface area contributed by atoms with Gasteiger partial charge in [0.1, 0.15) is 0 Å². The molecule has 0 bridgehead atoms. The molecule has 4 heteroatoms. The summed E-state index contributed by atoms with van der Waals surface area (Å²) in [5, 5.41) is 15.2. The first kappa shape index (κ1) is 11.5. The van der Waals surface area contributed by atoms with E-state index in [1.54, 1.807) is 7.05 Å². The average molecular weight is 200 g/mol. The number of carbonyl (C=O) groups excluding carboxylic acids is 1. The standard InChI is InChI=1S/C10H20N2O2/c1-11-7-10(14)12-6-9(13)8-4-2-3-5-8/h8-9,11,13H,2-7H2,1H3,(H,12,14). The van der Waals surface area contributed by atoms with Gasteiger partial charge in [-0.05, 0) is 25.8 Å². The first-order valence-corrected chi connectivity index (χ1v) is 5.33. The summed E-state index contributed by atoms with van der Waals surface area (Å²) in [7, 11) is 1.73. The summed E-state index contributed by atoms with van der Waals surface area (Å²) < 4.78 is 0. The maximum atomic E-state index is 11.1. The van der Waals surface area contributed by atoms with Gasteiger partial charge in [0, 0.05) is 6.54 Å². The Balaban J connectivity index is 2.13. The lowest BCUT2D eigenvalue weighted by Gasteiger charge is -2.17. The van der Waals surface area contributed by atoms with Crippen molar-refractivity contribution in [1.29, 1.82) is 0 Å². The first-order valence-electron chi connectivity index (χ1n) is 5.33. The average Bonchev–Trinajstić information content (AvgIpc) is 2.67. The molecule has 1 rings (SSSR count). The number of amides is 1. The lowest BCUT2D eigenvalue weighted by Crippen LogP contribution is -2.39. The third-order valence-electron chi connectivity index (χ3n) is 2.79. The summed E-state index contributed by atoms with van der Waals surface area (Å²) in [5.74, 6) is 0.342. The largest absolute Gasteiger partial charge is 0.391 e. The molecule has 0 radical (unpaired) electrons. The van der Waals surface area contributed by atoms with Gasteiger partial charge in [0.05, 0.1) is 12.6 Å². The van der Waals surface area contributed by atoms with E-state index < -0.39 is 0 Å².